The number of anilines is 1. The Kier molecular flexibility index (Phi) is 4.69. The van der Waals surface area contributed by atoms with Crippen molar-refractivity contribution < 1.29 is 4.79 Å². The minimum atomic E-state index is -0.0485. The van der Waals surface area contributed by atoms with Crippen molar-refractivity contribution in [1.82, 2.24) is 9.88 Å². The number of nitrogens with one attached hydrogen (secondary N) is 1. The second-order valence-electron chi connectivity index (χ2n) is 6.35. The summed E-state index contributed by atoms with van der Waals surface area (Å²) in [4.78, 5) is 26.8. The maximum Gasteiger partial charge on any atom is 0.255 e. The number of para-hydroxylation sites is 1. The van der Waals surface area contributed by atoms with Crippen molar-refractivity contribution in [2.24, 2.45) is 13.0 Å². The molecular weight excluding hydrogens is 302 g/mol. The summed E-state index contributed by atoms with van der Waals surface area (Å²) >= 11 is 0. The molecule has 5 nitrogen and oxygen atoms in total. The van der Waals surface area contributed by atoms with Gasteiger partial charge in [0.2, 0.25) is 5.91 Å². The number of carbonyl (C=O) groups excluding carboxylic acids is 1. The predicted molar refractivity (Wildman–Crippen MR) is 95.0 cm³/mol. The largest absolute Gasteiger partial charge is 0.371 e. The molecule has 2 heterocycles. The molecule has 0 saturated carbocycles. The fraction of sp³-hybridized carbons (Fsp3) is 0.368. The second-order valence-corrected chi connectivity index (χ2v) is 6.35. The van der Waals surface area contributed by atoms with Gasteiger partial charge in [0.1, 0.15) is 0 Å². The lowest BCUT2D eigenvalue weighted by Crippen LogP contribution is -2.34. The Hall–Kier alpha value is -2.56. The summed E-state index contributed by atoms with van der Waals surface area (Å²) in [6.07, 6.45) is 0.840. The first-order valence-corrected chi connectivity index (χ1v) is 8.29. The number of aryl methyl sites for hydroxylation is 1. The van der Waals surface area contributed by atoms with Gasteiger partial charge in [-0.05, 0) is 31.5 Å². The van der Waals surface area contributed by atoms with Crippen LogP contribution in [0.3, 0.4) is 0 Å². The van der Waals surface area contributed by atoms with E-state index in [9.17, 15) is 9.59 Å². The number of carbonyl (C=O) groups is 1. The molecule has 1 aromatic carbocycles. The molecule has 0 aliphatic carbocycles. The third-order valence-electron chi connectivity index (χ3n) is 4.77. The molecule has 3 rings (SSSR count). The first kappa shape index (κ1) is 16.3. The number of benzene rings is 1. The van der Waals surface area contributed by atoms with Crippen LogP contribution >= 0.6 is 0 Å². The standard InChI is InChI=1S/C19H23N3O2/c1-14-8-9-15(19(24)21(14)2)12-20-18(23)16-10-11-22(13-16)17-6-4-3-5-7-17/h3-9,16H,10-13H2,1-2H3,(H,20,23). The van der Waals surface area contributed by atoms with Gasteiger partial charge in [-0.25, -0.2) is 0 Å². The van der Waals surface area contributed by atoms with Crippen molar-refractivity contribution in [2.75, 3.05) is 18.0 Å². The topological polar surface area (TPSA) is 54.3 Å². The van der Waals surface area contributed by atoms with Gasteiger partial charge in [-0.3, -0.25) is 9.59 Å². The van der Waals surface area contributed by atoms with Crippen LogP contribution in [0.5, 0.6) is 0 Å². The van der Waals surface area contributed by atoms with Gasteiger partial charge in [0.25, 0.3) is 5.56 Å². The van der Waals surface area contributed by atoms with Crippen molar-refractivity contribution in [3.8, 4) is 0 Å². The molecule has 0 radical (unpaired) electrons. The number of amides is 1. The summed E-state index contributed by atoms with van der Waals surface area (Å²) < 4.78 is 1.61. The fourth-order valence-corrected chi connectivity index (χ4v) is 3.09. The van der Waals surface area contributed by atoms with Crippen LogP contribution in [0.2, 0.25) is 0 Å². The Labute approximate surface area is 141 Å². The zero-order valence-corrected chi connectivity index (χ0v) is 14.2. The molecule has 1 amide bonds. The maximum absolute atomic E-state index is 12.4. The van der Waals surface area contributed by atoms with Crippen LogP contribution in [-0.2, 0) is 18.4 Å². The summed E-state index contributed by atoms with van der Waals surface area (Å²) in [6, 6.07) is 13.8. The normalized spacial score (nSPS) is 17.1. The van der Waals surface area contributed by atoms with E-state index >= 15 is 0 Å². The van der Waals surface area contributed by atoms with Crippen LogP contribution in [-0.4, -0.2) is 23.6 Å². The number of rotatable bonds is 4. The Balaban J connectivity index is 1.59. The van der Waals surface area contributed by atoms with Crippen LogP contribution in [0.4, 0.5) is 5.69 Å². The molecule has 1 saturated heterocycles. The highest BCUT2D eigenvalue weighted by molar-refractivity contribution is 5.80. The van der Waals surface area contributed by atoms with Crippen LogP contribution in [0.1, 0.15) is 17.7 Å². The van der Waals surface area contributed by atoms with E-state index in [2.05, 4.69) is 22.3 Å². The molecule has 126 valence electrons. The van der Waals surface area contributed by atoms with Gasteiger partial charge in [-0.2, -0.15) is 0 Å². The first-order chi connectivity index (χ1) is 11.6. The SMILES string of the molecule is Cc1ccc(CNC(=O)C2CCN(c3ccccc3)C2)c(=O)n1C. The monoisotopic (exact) mass is 325 g/mol. The minimum Gasteiger partial charge on any atom is -0.371 e. The smallest absolute Gasteiger partial charge is 0.255 e. The third kappa shape index (κ3) is 3.35. The lowest BCUT2D eigenvalue weighted by molar-refractivity contribution is -0.124. The molecule has 1 aromatic heterocycles. The zero-order valence-electron chi connectivity index (χ0n) is 14.2. The van der Waals surface area contributed by atoms with E-state index in [1.807, 2.05) is 31.2 Å². The molecule has 2 aromatic rings. The van der Waals surface area contributed by atoms with Crippen LogP contribution < -0.4 is 15.8 Å². The number of hydrogen-bond donors (Lipinski definition) is 1. The van der Waals surface area contributed by atoms with Crippen molar-refractivity contribution >= 4 is 11.6 Å². The second kappa shape index (κ2) is 6.91. The average Bonchev–Trinajstić information content (AvgIpc) is 3.10. The summed E-state index contributed by atoms with van der Waals surface area (Å²) in [5.41, 5.74) is 2.63. The highest BCUT2D eigenvalue weighted by atomic mass is 16.2. The van der Waals surface area contributed by atoms with E-state index < -0.39 is 0 Å². The molecule has 1 fully saturated rings. The van der Waals surface area contributed by atoms with Gasteiger partial charge < -0.3 is 14.8 Å². The van der Waals surface area contributed by atoms with Gasteiger partial charge in [0.15, 0.2) is 0 Å². The van der Waals surface area contributed by atoms with Crippen molar-refractivity contribution in [3.63, 3.8) is 0 Å². The number of nitrogens with zero attached hydrogens (tertiary/aromatic N) is 2. The van der Waals surface area contributed by atoms with E-state index in [0.717, 1.165) is 30.9 Å². The molecule has 1 unspecified atom stereocenters. The minimum absolute atomic E-state index is 0.0241. The molecule has 1 atom stereocenters. The number of aromatic nitrogens is 1. The first-order valence-electron chi connectivity index (χ1n) is 8.29. The van der Waals surface area contributed by atoms with E-state index in [-0.39, 0.29) is 23.9 Å². The third-order valence-corrected chi connectivity index (χ3v) is 4.77. The Bertz CT molecular complexity index is 783. The lowest BCUT2D eigenvalue weighted by Gasteiger charge is -2.18. The van der Waals surface area contributed by atoms with Gasteiger partial charge in [-0.15, -0.1) is 0 Å². The van der Waals surface area contributed by atoms with E-state index in [1.165, 1.54) is 0 Å². The Morgan fingerprint density at radius 3 is 2.71 bits per heavy atom. The summed E-state index contributed by atoms with van der Waals surface area (Å²) in [7, 11) is 1.75. The highest BCUT2D eigenvalue weighted by Crippen LogP contribution is 2.23. The average molecular weight is 325 g/mol. The molecule has 24 heavy (non-hydrogen) atoms. The quantitative estimate of drug-likeness (QED) is 0.933. The summed E-state index contributed by atoms with van der Waals surface area (Å²) in [6.45, 7) is 3.78. The van der Waals surface area contributed by atoms with E-state index in [0.29, 0.717) is 5.56 Å². The molecule has 0 spiro atoms. The summed E-state index contributed by atoms with van der Waals surface area (Å²) in [5, 5.41) is 2.92. The van der Waals surface area contributed by atoms with E-state index in [1.54, 1.807) is 17.7 Å². The van der Waals surface area contributed by atoms with Crippen LogP contribution in [0.25, 0.3) is 0 Å². The van der Waals surface area contributed by atoms with Gasteiger partial charge in [-0.1, -0.05) is 24.3 Å². The Morgan fingerprint density at radius 2 is 1.96 bits per heavy atom. The van der Waals surface area contributed by atoms with Gasteiger partial charge >= 0.3 is 0 Å². The highest BCUT2D eigenvalue weighted by Gasteiger charge is 2.28. The fourth-order valence-electron chi connectivity index (χ4n) is 3.09. The summed E-state index contributed by atoms with van der Waals surface area (Å²) in [5.74, 6) is -0.00411. The van der Waals surface area contributed by atoms with Gasteiger partial charge in [0.05, 0.1) is 5.92 Å². The van der Waals surface area contributed by atoms with Crippen molar-refractivity contribution in [1.29, 1.82) is 0 Å². The van der Waals surface area contributed by atoms with Crippen LogP contribution in [0.15, 0.2) is 47.3 Å². The molecule has 1 aliphatic rings. The predicted octanol–water partition coefficient (Wildman–Crippen LogP) is 1.84. The molecule has 1 aliphatic heterocycles. The van der Waals surface area contributed by atoms with E-state index in [4.69, 9.17) is 0 Å². The van der Waals surface area contributed by atoms with Gasteiger partial charge in [0, 0.05) is 43.6 Å². The van der Waals surface area contributed by atoms with Crippen LogP contribution in [0, 0.1) is 12.8 Å². The molecular formula is C19H23N3O2. The zero-order chi connectivity index (χ0) is 17.1. The van der Waals surface area contributed by atoms with Crippen molar-refractivity contribution in [3.05, 3.63) is 64.1 Å². The van der Waals surface area contributed by atoms with Crippen molar-refractivity contribution in [2.45, 2.75) is 19.9 Å². The molecule has 1 N–H and O–H groups in total. The Morgan fingerprint density at radius 1 is 1.21 bits per heavy atom. The maximum atomic E-state index is 12.4. The number of hydrogen-bond acceptors (Lipinski definition) is 3. The molecule has 0 bridgehead atoms. The lowest BCUT2D eigenvalue weighted by atomic mass is 10.1. The molecule has 5 heteroatoms. The number of pyridine rings is 1.